The minimum atomic E-state index is -2.72. The van der Waals surface area contributed by atoms with Gasteiger partial charge in [-0.15, -0.1) is 0 Å². The Morgan fingerprint density at radius 1 is 1.33 bits per heavy atom. The first-order valence-electron chi connectivity index (χ1n) is 3.70. The van der Waals surface area contributed by atoms with E-state index in [2.05, 4.69) is 12.2 Å². The molecule has 0 saturated carbocycles. The van der Waals surface area contributed by atoms with Gasteiger partial charge in [0.2, 0.25) is 0 Å². The highest BCUT2D eigenvalue weighted by Crippen LogP contribution is 2.03. The van der Waals surface area contributed by atoms with Gasteiger partial charge in [-0.1, -0.05) is 12.2 Å². The third-order valence-electron chi connectivity index (χ3n) is 1.29. The summed E-state index contributed by atoms with van der Waals surface area (Å²) in [4.78, 5) is 0. The predicted octanol–water partition coefficient (Wildman–Crippen LogP) is -2.58. The fraction of sp³-hybridized carbons (Fsp3) is 0.833. The van der Waals surface area contributed by atoms with Crippen LogP contribution in [0.2, 0.25) is 0 Å². The molecule has 0 bridgehead atoms. The lowest BCUT2D eigenvalue weighted by atomic mass is 10.0. The van der Waals surface area contributed by atoms with Crippen LogP contribution in [0.25, 0.3) is 0 Å². The van der Waals surface area contributed by atoms with E-state index in [1.807, 2.05) is 0 Å². The van der Waals surface area contributed by atoms with Crippen molar-refractivity contribution in [1.82, 2.24) is 0 Å². The number of hydrogen-bond donors (Lipinski definition) is 5. The van der Waals surface area contributed by atoms with Gasteiger partial charge in [0, 0.05) is 5.37 Å². The van der Waals surface area contributed by atoms with Crippen LogP contribution >= 0.6 is 12.2 Å². The lowest BCUT2D eigenvalue weighted by Crippen LogP contribution is -2.46. The monoisotopic (exact) mass is 197 g/mol. The molecule has 0 radical (unpaired) electrons. The Morgan fingerprint density at radius 3 is 2.17 bits per heavy atom. The van der Waals surface area contributed by atoms with Crippen LogP contribution in [-0.2, 0) is 0 Å². The van der Waals surface area contributed by atoms with Gasteiger partial charge in [-0.2, -0.15) is 0 Å². The first-order chi connectivity index (χ1) is 5.87. The minimum absolute atomic E-state index is 0.681. The molecule has 0 unspecified atom stereocenters. The highest BCUT2D eigenvalue weighted by Gasteiger charge is 2.28. The molecule has 4 atom stereocenters. The molecule has 0 aromatic heterocycles. The number of hydrogen-bond acceptors (Lipinski definition) is 6. The zero-order chi connectivity index (χ0) is 10.6. The maximum atomic E-state index is 9.15. The molecule has 0 rings (SSSR count). The Kier molecular flexibility index (Phi) is 4.59. The maximum Gasteiger partial charge on any atom is 0.113 e. The molecule has 0 aliphatic carbocycles. The van der Waals surface area contributed by atoms with Gasteiger partial charge in [0.15, 0.2) is 0 Å². The molecule has 0 aliphatic rings. The number of aliphatic hydroxyl groups excluding tert-OH is 4. The fourth-order valence-electron chi connectivity index (χ4n) is 0.542. The van der Waals surface area contributed by atoms with E-state index in [4.69, 9.17) is 26.9 Å². The van der Waals surface area contributed by atoms with E-state index < -0.39 is 31.0 Å². The number of thiocarbonyl (C=S) groups is 1. The van der Waals surface area contributed by atoms with E-state index in [1.165, 1.54) is 0 Å². The van der Waals surface area contributed by atoms with E-state index >= 15 is 0 Å². The zero-order valence-electron chi connectivity index (χ0n) is 7.16. The van der Waals surface area contributed by atoms with Crippen molar-refractivity contribution in [2.24, 2.45) is 0 Å². The molecule has 0 aliphatic heterocycles. The van der Waals surface area contributed by atoms with Crippen molar-refractivity contribution >= 4 is 17.6 Å². The molecule has 5 N–H and O–H groups in total. The first kappa shape index (κ1) is 9.97. The lowest BCUT2D eigenvalue weighted by Gasteiger charge is -2.23. The van der Waals surface area contributed by atoms with Gasteiger partial charge in [0.1, 0.15) is 24.4 Å². The van der Waals surface area contributed by atoms with Crippen LogP contribution in [-0.4, -0.2) is 61.9 Å². The van der Waals surface area contributed by atoms with E-state index in [1.54, 1.807) is 0 Å². The summed E-state index contributed by atoms with van der Waals surface area (Å²) in [7, 11) is 0. The van der Waals surface area contributed by atoms with Crippen molar-refractivity contribution in [2.75, 3.05) is 6.61 Å². The molecule has 5 nitrogen and oxygen atoms in total. The zero-order valence-corrected chi connectivity index (χ0v) is 6.98. The van der Waals surface area contributed by atoms with Crippen LogP contribution in [0.1, 0.15) is 1.37 Å². The minimum Gasteiger partial charge on any atom is -0.394 e. The fourth-order valence-corrected chi connectivity index (χ4v) is 0.681. The van der Waals surface area contributed by atoms with Crippen molar-refractivity contribution in [3.8, 4) is 0 Å². The van der Waals surface area contributed by atoms with Crippen LogP contribution < -0.4 is 0 Å². The van der Waals surface area contributed by atoms with Crippen molar-refractivity contribution < 1.29 is 26.9 Å². The second kappa shape index (κ2) is 5.52. The Balaban J connectivity index is 4.51. The Hall–Kier alpha value is -0.110. The summed E-state index contributed by atoms with van der Waals surface area (Å²) in [6, 6.07) is 0. The molecule has 6 heteroatoms. The van der Waals surface area contributed by atoms with E-state index in [0.717, 1.165) is 0 Å². The van der Waals surface area contributed by atoms with Crippen LogP contribution in [0, 0.1) is 0 Å². The van der Waals surface area contributed by atoms with E-state index in [-0.39, 0.29) is 0 Å². The molecule has 12 heavy (non-hydrogen) atoms. The largest absolute Gasteiger partial charge is 0.394 e. The third-order valence-corrected chi connectivity index (χ3v) is 1.54. The highest BCUT2D eigenvalue weighted by molar-refractivity contribution is 7.79. The van der Waals surface area contributed by atoms with E-state index in [9.17, 15) is 0 Å². The van der Waals surface area contributed by atoms with Crippen LogP contribution in [0.4, 0.5) is 0 Å². The quantitative estimate of drug-likeness (QED) is 0.310. The van der Waals surface area contributed by atoms with Gasteiger partial charge >= 0.3 is 0 Å². The van der Waals surface area contributed by atoms with Crippen molar-refractivity contribution in [3.63, 3.8) is 0 Å². The second-order valence-corrected chi connectivity index (χ2v) is 2.47. The molecular formula is C6H12O5S. The summed E-state index contributed by atoms with van der Waals surface area (Å²) in [5, 5.41) is 45.1. The number of rotatable bonds is 5. The number of aliphatic hydroxyl groups is 5. The molecule has 0 aromatic carbocycles. The summed E-state index contributed by atoms with van der Waals surface area (Å²) < 4.78 is 7.06. The van der Waals surface area contributed by atoms with Crippen molar-refractivity contribution in [2.45, 2.75) is 24.4 Å². The first-order valence-corrected chi connectivity index (χ1v) is 3.67. The molecule has 0 aromatic rings. The Labute approximate surface area is 76.3 Å². The lowest BCUT2D eigenvalue weighted by molar-refractivity contribution is -0.0996. The molecule has 0 spiro atoms. The molecule has 0 fully saturated rings. The van der Waals surface area contributed by atoms with Gasteiger partial charge < -0.3 is 25.5 Å². The summed E-state index contributed by atoms with van der Waals surface area (Å²) in [5.74, 6) is 0. The molecule has 0 saturated heterocycles. The molecule has 0 amide bonds. The summed E-state index contributed by atoms with van der Waals surface area (Å²) in [5.41, 5.74) is 0. The van der Waals surface area contributed by atoms with Gasteiger partial charge in [0.05, 0.1) is 7.98 Å². The smallest absolute Gasteiger partial charge is 0.113 e. The second-order valence-electron chi connectivity index (χ2n) is 2.20. The van der Waals surface area contributed by atoms with Gasteiger partial charge in [0.25, 0.3) is 0 Å². The summed E-state index contributed by atoms with van der Waals surface area (Å²) in [6.07, 6.45) is -8.19. The molecule has 72 valence electrons. The van der Waals surface area contributed by atoms with Gasteiger partial charge in [-0.3, -0.25) is 0 Å². The summed E-state index contributed by atoms with van der Waals surface area (Å²) >= 11 is 4.25. The van der Waals surface area contributed by atoms with Crippen LogP contribution in [0.3, 0.4) is 0 Å². The average molecular weight is 197 g/mol. The standard InChI is InChI=1S/C6H12O5S/c7-1-3(8)5(10)6(11)4(9)2-12/h2-11H,1H2/t3-,4+,5-,6-/m1/s1/i6D. The van der Waals surface area contributed by atoms with Crippen LogP contribution in [0.15, 0.2) is 0 Å². The highest BCUT2D eigenvalue weighted by atomic mass is 32.1. The van der Waals surface area contributed by atoms with E-state index in [0.29, 0.717) is 5.37 Å². The van der Waals surface area contributed by atoms with Gasteiger partial charge in [-0.05, 0) is 0 Å². The molecular weight excluding hydrogens is 184 g/mol. The SMILES string of the molecule is [2H][C@](O)([C@H](O)[C@H](O)CO)[C@@H](O)C=S. The molecule has 0 heterocycles. The average Bonchev–Trinajstić information content (AvgIpc) is 2.13. The summed E-state index contributed by atoms with van der Waals surface area (Å²) in [6.45, 7) is -0.827. The maximum absolute atomic E-state index is 9.15. The normalized spacial score (nSPS) is 24.9. The van der Waals surface area contributed by atoms with Gasteiger partial charge in [-0.25, -0.2) is 0 Å². The van der Waals surface area contributed by atoms with Crippen LogP contribution in [0.5, 0.6) is 0 Å². The van der Waals surface area contributed by atoms with Crippen molar-refractivity contribution in [3.05, 3.63) is 0 Å². The Morgan fingerprint density at radius 2 is 1.83 bits per heavy atom. The third kappa shape index (κ3) is 3.10. The van der Waals surface area contributed by atoms with Crippen molar-refractivity contribution in [1.29, 1.82) is 0 Å². The topological polar surface area (TPSA) is 101 Å². The predicted molar refractivity (Wildman–Crippen MR) is 44.8 cm³/mol. The Bertz CT molecular complexity index is 176.